The Morgan fingerprint density at radius 2 is 1.80 bits per heavy atom. The molecule has 4 heterocycles. The highest BCUT2D eigenvalue weighted by atomic mass is 16.5. The summed E-state index contributed by atoms with van der Waals surface area (Å²) in [6.45, 7) is 9.81. The van der Waals surface area contributed by atoms with Crippen LogP contribution in [0.4, 0.5) is 5.82 Å². The van der Waals surface area contributed by atoms with Crippen molar-refractivity contribution in [3.8, 4) is 6.01 Å². The number of piperazine rings is 1. The van der Waals surface area contributed by atoms with Crippen molar-refractivity contribution in [2.75, 3.05) is 65.8 Å². The number of nitrogens with two attached hydrogens (primary N) is 1. The quantitative estimate of drug-likeness (QED) is 0.160. The number of methoxy groups -OCH3 is 1. The van der Waals surface area contributed by atoms with E-state index in [1.807, 2.05) is 24.3 Å². The second kappa shape index (κ2) is 17.1. The van der Waals surface area contributed by atoms with Crippen LogP contribution in [0.25, 0.3) is 11.2 Å². The van der Waals surface area contributed by atoms with Crippen LogP contribution in [0.3, 0.4) is 0 Å². The second-order valence-corrected chi connectivity index (χ2v) is 13.4. The number of piperidine rings is 1. The molecular weight excluding hydrogens is 626 g/mol. The van der Waals surface area contributed by atoms with E-state index in [1.165, 1.54) is 7.11 Å². The molecule has 0 saturated carbocycles. The lowest BCUT2D eigenvalue weighted by atomic mass is 9.95. The molecule has 0 bridgehead atoms. The van der Waals surface area contributed by atoms with Crippen LogP contribution in [0.5, 0.6) is 6.01 Å². The number of aromatic amines is 1. The monoisotopic (exact) mass is 679 g/mol. The maximum Gasteiger partial charge on any atom is 0.329 e. The van der Waals surface area contributed by atoms with Crippen molar-refractivity contribution in [1.29, 1.82) is 0 Å². The number of carbonyl (C=O) groups excluding carboxylic acids is 2. The highest BCUT2D eigenvalue weighted by Crippen LogP contribution is 2.29. The number of aromatic nitrogens is 4. The summed E-state index contributed by atoms with van der Waals surface area (Å²) in [6, 6.07) is 7.38. The van der Waals surface area contributed by atoms with Crippen molar-refractivity contribution < 1.29 is 19.1 Å². The molecule has 2 aromatic heterocycles. The first-order valence-corrected chi connectivity index (χ1v) is 17.7. The van der Waals surface area contributed by atoms with E-state index in [-0.39, 0.29) is 48.0 Å². The smallest absolute Gasteiger partial charge is 0.329 e. The second-order valence-electron chi connectivity index (χ2n) is 13.4. The third kappa shape index (κ3) is 9.17. The van der Waals surface area contributed by atoms with Crippen LogP contribution in [0.2, 0.25) is 0 Å². The maximum absolute atomic E-state index is 13.8. The number of H-pyrrole nitrogens is 1. The molecule has 2 unspecified atom stereocenters. The number of imidazole rings is 1. The van der Waals surface area contributed by atoms with Crippen molar-refractivity contribution >= 4 is 28.9 Å². The number of carbonyl (C=O) groups is 2. The highest BCUT2D eigenvalue weighted by Gasteiger charge is 2.37. The Morgan fingerprint density at radius 3 is 2.49 bits per heavy atom. The van der Waals surface area contributed by atoms with E-state index in [0.29, 0.717) is 56.3 Å². The summed E-state index contributed by atoms with van der Waals surface area (Å²) in [6.07, 6.45) is 5.36. The molecule has 3 aromatic rings. The Labute approximate surface area is 288 Å². The lowest BCUT2D eigenvalue weighted by Gasteiger charge is -2.45. The van der Waals surface area contributed by atoms with Crippen LogP contribution < -0.4 is 21.5 Å². The van der Waals surface area contributed by atoms with E-state index in [0.717, 1.165) is 62.9 Å². The number of hydrogen-bond donors (Lipinski definition) is 3. The third-order valence-electron chi connectivity index (χ3n) is 9.80. The maximum atomic E-state index is 13.8. The Balaban J connectivity index is 1.38. The molecular formula is C35H53N9O5. The molecule has 14 heteroatoms. The summed E-state index contributed by atoms with van der Waals surface area (Å²) < 4.78 is 12.3. The molecule has 0 aliphatic carbocycles. The third-order valence-corrected chi connectivity index (χ3v) is 9.80. The Morgan fingerprint density at radius 1 is 1.06 bits per heavy atom. The van der Waals surface area contributed by atoms with E-state index in [9.17, 15) is 14.4 Å². The van der Waals surface area contributed by atoms with Gasteiger partial charge in [-0.15, -0.1) is 0 Å². The topological polar surface area (TPSA) is 164 Å². The Kier molecular flexibility index (Phi) is 12.6. The van der Waals surface area contributed by atoms with Crippen LogP contribution in [0, 0.1) is 5.92 Å². The molecule has 49 heavy (non-hydrogen) atoms. The average Bonchev–Trinajstić information content (AvgIpc) is 3.44. The Bertz CT molecular complexity index is 1600. The van der Waals surface area contributed by atoms with Gasteiger partial charge < -0.3 is 30.4 Å². The number of nitrogens with one attached hydrogen (secondary N) is 2. The normalized spacial score (nSPS) is 18.8. The summed E-state index contributed by atoms with van der Waals surface area (Å²) in [4.78, 5) is 58.0. The number of rotatable bonds is 15. The molecule has 0 radical (unpaired) electrons. The lowest BCUT2D eigenvalue weighted by molar-refractivity contribution is -0.139. The zero-order valence-corrected chi connectivity index (χ0v) is 29.4. The number of unbranched alkanes of at least 4 members (excludes halogenated alkanes) is 1. The number of nitrogen functional groups attached to an aromatic ring is 1. The number of fused-ring (bicyclic) bond motifs is 1. The van der Waals surface area contributed by atoms with Crippen molar-refractivity contribution in [2.45, 2.75) is 77.5 Å². The van der Waals surface area contributed by atoms with E-state index >= 15 is 0 Å². The molecule has 4 N–H and O–H groups in total. The number of benzene rings is 1. The minimum absolute atomic E-state index is 0.0486. The lowest BCUT2D eigenvalue weighted by Crippen LogP contribution is -2.58. The van der Waals surface area contributed by atoms with E-state index in [2.05, 4.69) is 55.9 Å². The van der Waals surface area contributed by atoms with Crippen LogP contribution in [0.1, 0.15) is 69.7 Å². The van der Waals surface area contributed by atoms with Gasteiger partial charge in [-0.25, -0.2) is 4.79 Å². The minimum Gasteiger partial charge on any atom is -0.469 e. The number of ether oxygens (including phenoxy) is 2. The molecule has 2 atom stereocenters. The van der Waals surface area contributed by atoms with Gasteiger partial charge in [-0.1, -0.05) is 51.0 Å². The van der Waals surface area contributed by atoms with Crippen LogP contribution in [-0.4, -0.2) is 112 Å². The summed E-state index contributed by atoms with van der Waals surface area (Å²) in [5.41, 5.74) is 8.62. The van der Waals surface area contributed by atoms with Gasteiger partial charge in [0.15, 0.2) is 11.5 Å². The molecule has 0 spiro atoms. The molecule has 2 aliphatic heterocycles. The van der Waals surface area contributed by atoms with Crippen LogP contribution >= 0.6 is 0 Å². The van der Waals surface area contributed by atoms with Crippen molar-refractivity contribution in [1.82, 2.24) is 39.5 Å². The molecule has 1 aromatic carbocycles. The van der Waals surface area contributed by atoms with Crippen LogP contribution in [-0.2, 0) is 27.3 Å². The van der Waals surface area contributed by atoms with E-state index in [4.69, 9.17) is 15.2 Å². The molecule has 268 valence electrons. The first-order valence-electron chi connectivity index (χ1n) is 17.7. The molecule has 5 rings (SSSR count). The number of likely N-dealkylation sites (tertiary alicyclic amines) is 1. The van der Waals surface area contributed by atoms with Crippen LogP contribution in [0.15, 0.2) is 29.1 Å². The van der Waals surface area contributed by atoms with Gasteiger partial charge in [-0.2, -0.15) is 9.97 Å². The number of hydrogen-bond acceptors (Lipinski definition) is 11. The zero-order valence-electron chi connectivity index (χ0n) is 29.4. The molecule has 2 fully saturated rings. The molecule has 2 aliphatic rings. The Hall–Kier alpha value is -4.01. The average molecular weight is 680 g/mol. The predicted molar refractivity (Wildman–Crippen MR) is 188 cm³/mol. The number of nitrogens with zero attached hydrogens (tertiary/aromatic N) is 6. The predicted octanol–water partition coefficient (Wildman–Crippen LogP) is 2.54. The van der Waals surface area contributed by atoms with Gasteiger partial charge in [-0.3, -0.25) is 24.0 Å². The van der Waals surface area contributed by atoms with Gasteiger partial charge in [0.2, 0.25) is 5.91 Å². The number of esters is 1. The summed E-state index contributed by atoms with van der Waals surface area (Å²) in [7, 11) is 3.53. The van der Waals surface area contributed by atoms with E-state index < -0.39 is 0 Å². The summed E-state index contributed by atoms with van der Waals surface area (Å²) in [5.74, 6) is 0.336. The fourth-order valence-electron chi connectivity index (χ4n) is 6.86. The summed E-state index contributed by atoms with van der Waals surface area (Å²) in [5, 5.41) is 3.14. The number of anilines is 1. The van der Waals surface area contributed by atoms with Gasteiger partial charge in [0.1, 0.15) is 11.7 Å². The highest BCUT2D eigenvalue weighted by molar-refractivity contribution is 5.82. The van der Waals surface area contributed by atoms with Gasteiger partial charge in [0.05, 0.1) is 26.2 Å². The van der Waals surface area contributed by atoms with Crippen molar-refractivity contribution in [3.63, 3.8) is 0 Å². The fourth-order valence-corrected chi connectivity index (χ4v) is 6.86. The number of amides is 1. The minimum atomic E-state index is -0.373. The van der Waals surface area contributed by atoms with Gasteiger partial charge >= 0.3 is 17.7 Å². The first-order chi connectivity index (χ1) is 23.7. The molecule has 1 amide bonds. The summed E-state index contributed by atoms with van der Waals surface area (Å²) >= 11 is 0. The standard InChI is InChI=1S/C35H53N9O5/c1-5-7-19-49-34-39-31(36)30-32(40-34)44(35(47)38-30)28-23-42(17-18-43(28)22-26-13-15-41(3)16-14-26)27(8-6-2)33(46)37-21-25-11-9-24(10-12-25)20-29(45)48-4/h9-12,26-28H,5-8,13-23H2,1-4H3,(H,37,46)(H,38,47)(H2,36,39,40). The van der Waals surface area contributed by atoms with Gasteiger partial charge in [-0.05, 0) is 62.9 Å². The molecule has 14 nitrogen and oxygen atoms in total. The first kappa shape index (κ1) is 36.3. The van der Waals surface area contributed by atoms with Gasteiger partial charge in [0.25, 0.3) is 0 Å². The van der Waals surface area contributed by atoms with Crippen molar-refractivity contribution in [3.05, 3.63) is 45.9 Å². The largest absolute Gasteiger partial charge is 0.469 e. The van der Waals surface area contributed by atoms with Gasteiger partial charge in [0, 0.05) is 32.7 Å². The van der Waals surface area contributed by atoms with Crippen molar-refractivity contribution in [2.24, 2.45) is 5.92 Å². The van der Waals surface area contributed by atoms with E-state index in [1.54, 1.807) is 4.57 Å². The fraction of sp³-hybridized carbons (Fsp3) is 0.629. The SMILES string of the molecule is CCCCOc1nc(N)c2[nH]c(=O)n(C3CN(C(CCC)C(=O)NCc4ccc(CC(=O)OC)cc4)CCN3CC3CCN(C)CC3)c2n1. The molecule has 2 saturated heterocycles. The zero-order chi connectivity index (χ0) is 34.9.